The second kappa shape index (κ2) is 9.04. The Morgan fingerprint density at radius 3 is 2.66 bits per heavy atom. The number of hydrogen-bond acceptors (Lipinski definition) is 8. The van der Waals surface area contributed by atoms with Gasteiger partial charge in [-0.25, -0.2) is 0 Å². The van der Waals surface area contributed by atoms with Gasteiger partial charge in [-0.1, -0.05) is 46.7 Å². The van der Waals surface area contributed by atoms with E-state index in [1.54, 1.807) is 7.11 Å². The van der Waals surface area contributed by atoms with Gasteiger partial charge in [0.1, 0.15) is 5.75 Å². The monoisotopic (exact) mass is 448 g/mol. The lowest BCUT2D eigenvalue weighted by molar-refractivity contribution is 0.391. The first kappa shape index (κ1) is 20.6. The predicted molar refractivity (Wildman–Crippen MR) is 123 cm³/mol. The fraction of sp³-hybridized carbons (Fsp3) is 0.304. The number of aromatic nitrogens is 5. The Balaban J connectivity index is 1.39. The number of nitrogens with zero attached hydrogens (tertiary/aromatic N) is 6. The third-order valence-electron chi connectivity index (χ3n) is 5.42. The van der Waals surface area contributed by atoms with Crippen LogP contribution in [0.4, 0.5) is 5.95 Å². The smallest absolute Gasteiger partial charge is 0.237 e. The summed E-state index contributed by atoms with van der Waals surface area (Å²) in [7, 11) is 1.64. The first-order valence-electron chi connectivity index (χ1n) is 10.6. The van der Waals surface area contributed by atoms with Gasteiger partial charge in [-0.15, -0.1) is 10.2 Å². The quantitative estimate of drug-likeness (QED) is 0.382. The maximum absolute atomic E-state index is 5.49. The Morgan fingerprint density at radius 1 is 1.06 bits per heavy atom. The fourth-order valence-electron chi connectivity index (χ4n) is 3.72. The Kier molecular flexibility index (Phi) is 5.81. The van der Waals surface area contributed by atoms with E-state index >= 15 is 0 Å². The third-order valence-corrected chi connectivity index (χ3v) is 6.33. The molecule has 0 aliphatic carbocycles. The molecule has 0 amide bonds. The number of hydrogen-bond donors (Lipinski definition) is 0. The number of thioether (sulfide) groups is 1. The van der Waals surface area contributed by atoms with Crippen LogP contribution < -0.4 is 9.64 Å². The molecule has 8 nitrogen and oxygen atoms in total. The summed E-state index contributed by atoms with van der Waals surface area (Å²) in [6, 6.07) is 16.0. The highest BCUT2D eigenvalue weighted by Crippen LogP contribution is 2.30. The van der Waals surface area contributed by atoms with E-state index < -0.39 is 0 Å². The van der Waals surface area contributed by atoms with E-state index in [4.69, 9.17) is 9.26 Å². The van der Waals surface area contributed by atoms with Crippen LogP contribution in [0.5, 0.6) is 5.75 Å². The van der Waals surface area contributed by atoms with E-state index in [9.17, 15) is 0 Å². The van der Waals surface area contributed by atoms with Crippen molar-refractivity contribution in [2.24, 2.45) is 0 Å². The van der Waals surface area contributed by atoms with E-state index in [0.717, 1.165) is 41.2 Å². The van der Waals surface area contributed by atoms with Crippen LogP contribution in [-0.4, -0.2) is 45.1 Å². The van der Waals surface area contributed by atoms with Crippen molar-refractivity contribution in [3.63, 3.8) is 0 Å². The zero-order chi connectivity index (χ0) is 21.9. The third kappa shape index (κ3) is 4.20. The first-order valence-corrected chi connectivity index (χ1v) is 11.6. The first-order chi connectivity index (χ1) is 15.7. The van der Waals surface area contributed by atoms with Crippen molar-refractivity contribution in [2.45, 2.75) is 30.7 Å². The lowest BCUT2D eigenvalue weighted by atomic mass is 10.2. The van der Waals surface area contributed by atoms with Crippen LogP contribution in [0.15, 0.2) is 58.2 Å². The molecule has 0 atom stereocenters. The second-order valence-electron chi connectivity index (χ2n) is 7.68. The van der Waals surface area contributed by atoms with E-state index in [0.29, 0.717) is 17.5 Å². The zero-order valence-electron chi connectivity index (χ0n) is 18.1. The van der Waals surface area contributed by atoms with Crippen LogP contribution in [0.1, 0.15) is 24.3 Å². The molecule has 0 unspecified atom stereocenters. The lowest BCUT2D eigenvalue weighted by Gasteiger charge is -2.18. The van der Waals surface area contributed by atoms with Crippen LogP contribution in [0.2, 0.25) is 0 Å². The van der Waals surface area contributed by atoms with Crippen molar-refractivity contribution in [1.82, 2.24) is 24.9 Å². The molecular weight excluding hydrogens is 424 g/mol. The maximum atomic E-state index is 5.49. The Bertz CT molecular complexity index is 1200. The molecule has 0 radical (unpaired) electrons. The Morgan fingerprint density at radius 2 is 1.88 bits per heavy atom. The van der Waals surface area contributed by atoms with Gasteiger partial charge in [-0.3, -0.25) is 4.57 Å². The van der Waals surface area contributed by atoms with Gasteiger partial charge in [0.2, 0.25) is 17.7 Å². The van der Waals surface area contributed by atoms with E-state index in [1.165, 1.54) is 30.2 Å². The Labute approximate surface area is 190 Å². The van der Waals surface area contributed by atoms with Gasteiger partial charge in [0, 0.05) is 18.7 Å². The zero-order valence-corrected chi connectivity index (χ0v) is 18.9. The molecule has 9 heteroatoms. The van der Waals surface area contributed by atoms with Gasteiger partial charge in [-0.2, -0.15) is 4.98 Å². The highest BCUT2D eigenvalue weighted by atomic mass is 32.2. The number of methoxy groups -OCH3 is 1. The number of anilines is 1. The molecule has 5 rings (SSSR count). The SMILES string of the molecule is COc1cccc(-c2noc(CSc3nnc(N4CCCC4)n3-c3ccc(C)cc3)n2)c1. The molecule has 1 aliphatic rings. The number of rotatable bonds is 7. The minimum Gasteiger partial charge on any atom is -0.497 e. The molecule has 4 aromatic rings. The molecule has 2 aromatic heterocycles. The molecule has 0 spiro atoms. The van der Waals surface area contributed by atoms with Crippen molar-refractivity contribution in [2.75, 3.05) is 25.1 Å². The molecule has 0 saturated carbocycles. The van der Waals surface area contributed by atoms with E-state index in [2.05, 4.69) is 61.0 Å². The van der Waals surface area contributed by atoms with Crippen molar-refractivity contribution >= 4 is 17.7 Å². The van der Waals surface area contributed by atoms with Gasteiger partial charge in [0.05, 0.1) is 18.6 Å². The van der Waals surface area contributed by atoms with E-state index in [1.807, 2.05) is 24.3 Å². The molecule has 164 valence electrons. The van der Waals surface area contributed by atoms with Crippen LogP contribution in [-0.2, 0) is 5.75 Å². The van der Waals surface area contributed by atoms with Crippen LogP contribution in [0.25, 0.3) is 17.1 Å². The van der Waals surface area contributed by atoms with Gasteiger partial charge < -0.3 is 14.2 Å². The molecule has 1 fully saturated rings. The van der Waals surface area contributed by atoms with Crippen LogP contribution in [0.3, 0.4) is 0 Å². The largest absolute Gasteiger partial charge is 0.497 e. The van der Waals surface area contributed by atoms with Gasteiger partial charge >= 0.3 is 0 Å². The molecule has 0 bridgehead atoms. The highest BCUT2D eigenvalue weighted by molar-refractivity contribution is 7.98. The predicted octanol–water partition coefficient (Wildman–Crippen LogP) is 4.53. The molecule has 1 aliphatic heterocycles. The molecule has 2 aromatic carbocycles. The minimum absolute atomic E-state index is 0.501. The van der Waals surface area contributed by atoms with E-state index in [-0.39, 0.29) is 0 Å². The number of ether oxygens (including phenoxy) is 1. The summed E-state index contributed by atoms with van der Waals surface area (Å²) in [5.74, 6) is 3.22. The number of aryl methyl sites for hydroxylation is 1. The van der Waals surface area contributed by atoms with Crippen molar-refractivity contribution in [3.05, 3.63) is 60.0 Å². The van der Waals surface area contributed by atoms with Crippen LogP contribution in [0, 0.1) is 6.92 Å². The average Bonchev–Trinajstić information content (AvgIpc) is 3.59. The fourth-order valence-corrected chi connectivity index (χ4v) is 4.50. The molecule has 1 saturated heterocycles. The van der Waals surface area contributed by atoms with Crippen molar-refractivity contribution in [1.29, 1.82) is 0 Å². The highest BCUT2D eigenvalue weighted by Gasteiger charge is 2.23. The topological polar surface area (TPSA) is 82.1 Å². The molecule has 0 N–H and O–H groups in total. The summed E-state index contributed by atoms with van der Waals surface area (Å²) in [5, 5.41) is 13.9. The standard InChI is InChI=1S/C23H24N6O2S/c1-16-8-10-18(11-9-16)29-22(28-12-3-4-13-28)25-26-23(29)32-15-20-24-21(27-31-20)17-6-5-7-19(14-17)30-2/h5-11,14H,3-4,12-13,15H2,1-2H3. The molecule has 32 heavy (non-hydrogen) atoms. The summed E-state index contributed by atoms with van der Waals surface area (Å²) in [6.07, 6.45) is 2.36. The van der Waals surface area contributed by atoms with Crippen molar-refractivity contribution < 1.29 is 9.26 Å². The molecule has 3 heterocycles. The average molecular weight is 449 g/mol. The number of benzene rings is 2. The van der Waals surface area contributed by atoms with Gasteiger partial charge in [0.25, 0.3) is 0 Å². The van der Waals surface area contributed by atoms with Crippen LogP contribution >= 0.6 is 11.8 Å². The minimum atomic E-state index is 0.501. The summed E-state index contributed by atoms with van der Waals surface area (Å²) in [4.78, 5) is 6.84. The Hall–Kier alpha value is -3.33. The lowest BCUT2D eigenvalue weighted by Crippen LogP contribution is -2.22. The summed E-state index contributed by atoms with van der Waals surface area (Å²) >= 11 is 1.54. The van der Waals surface area contributed by atoms with Gasteiger partial charge in [0.15, 0.2) is 5.16 Å². The summed E-state index contributed by atoms with van der Waals surface area (Å²) < 4.78 is 12.9. The van der Waals surface area contributed by atoms with Crippen molar-refractivity contribution in [3.8, 4) is 22.8 Å². The van der Waals surface area contributed by atoms with Gasteiger partial charge in [-0.05, 0) is 44.0 Å². The maximum Gasteiger partial charge on any atom is 0.237 e. The normalized spacial score (nSPS) is 13.6. The summed E-state index contributed by atoms with van der Waals surface area (Å²) in [5.41, 5.74) is 3.12. The summed E-state index contributed by atoms with van der Waals surface area (Å²) in [6.45, 7) is 4.09. The molecular formula is C23H24N6O2S. The second-order valence-corrected chi connectivity index (χ2v) is 8.62.